The summed E-state index contributed by atoms with van der Waals surface area (Å²) in [5.74, 6) is -0.761. The number of benzene rings is 1. The summed E-state index contributed by atoms with van der Waals surface area (Å²) >= 11 is 0. The number of nitrogens with one attached hydrogen (secondary N) is 1. The lowest BCUT2D eigenvalue weighted by atomic mass is 9.98. The van der Waals surface area contributed by atoms with E-state index in [1.807, 2.05) is 0 Å². The molecule has 1 aliphatic rings. The van der Waals surface area contributed by atoms with Crippen LogP contribution >= 0.6 is 0 Å². The van der Waals surface area contributed by atoms with Gasteiger partial charge in [0.1, 0.15) is 0 Å². The lowest BCUT2D eigenvalue weighted by Gasteiger charge is -2.22. The second-order valence-electron chi connectivity index (χ2n) is 5.31. The van der Waals surface area contributed by atoms with Crippen molar-refractivity contribution in [1.29, 1.82) is 0 Å². The van der Waals surface area contributed by atoms with Crippen molar-refractivity contribution in [2.45, 2.75) is 44.8 Å². The number of ether oxygens (including phenoxy) is 1. The number of halogens is 1. The lowest BCUT2D eigenvalue weighted by Crippen LogP contribution is -2.24. The van der Waals surface area contributed by atoms with Crippen molar-refractivity contribution < 1.29 is 14.1 Å². The number of nitrogens with zero attached hydrogens (tertiary/aromatic N) is 1. The van der Waals surface area contributed by atoms with E-state index in [0.29, 0.717) is 24.8 Å². The van der Waals surface area contributed by atoms with Crippen LogP contribution in [-0.4, -0.2) is 24.2 Å². The molecule has 1 fully saturated rings. The maximum absolute atomic E-state index is 13.8. The number of hydrogen-bond donors (Lipinski definition) is 1. The Labute approximate surface area is 123 Å². The first-order valence-electron chi connectivity index (χ1n) is 7.42. The summed E-state index contributed by atoms with van der Waals surface area (Å²) < 4.78 is 19.6. The molecule has 2 rings (SSSR count). The van der Waals surface area contributed by atoms with E-state index in [1.165, 1.54) is 31.4 Å². The van der Waals surface area contributed by atoms with Crippen LogP contribution in [0.25, 0.3) is 0 Å². The SMILES string of the molecule is O=[N+]([O-])c1cccc(CNCCOC2CCCCC2)c1F. The Morgan fingerprint density at radius 3 is 2.81 bits per heavy atom. The molecule has 0 unspecified atom stereocenters. The third kappa shape index (κ3) is 4.75. The van der Waals surface area contributed by atoms with Gasteiger partial charge in [-0.1, -0.05) is 31.4 Å². The molecule has 21 heavy (non-hydrogen) atoms. The molecule has 6 heteroatoms. The maximum Gasteiger partial charge on any atom is 0.305 e. The maximum atomic E-state index is 13.8. The van der Waals surface area contributed by atoms with Gasteiger partial charge in [0.15, 0.2) is 0 Å². The smallest absolute Gasteiger partial charge is 0.305 e. The van der Waals surface area contributed by atoms with Gasteiger partial charge in [-0.25, -0.2) is 0 Å². The van der Waals surface area contributed by atoms with Crippen molar-refractivity contribution in [1.82, 2.24) is 5.32 Å². The molecule has 0 spiro atoms. The highest BCUT2D eigenvalue weighted by molar-refractivity contribution is 5.36. The van der Waals surface area contributed by atoms with Crippen LogP contribution in [0.15, 0.2) is 18.2 Å². The molecule has 1 aromatic carbocycles. The molecular formula is C15H21FN2O3. The van der Waals surface area contributed by atoms with Crippen LogP contribution < -0.4 is 5.32 Å². The second kappa shape index (κ2) is 8.05. The van der Waals surface area contributed by atoms with E-state index < -0.39 is 16.4 Å². The van der Waals surface area contributed by atoms with Gasteiger partial charge in [0, 0.05) is 24.7 Å². The van der Waals surface area contributed by atoms with Crippen LogP contribution in [0.3, 0.4) is 0 Å². The molecule has 0 heterocycles. The highest BCUT2D eigenvalue weighted by atomic mass is 19.1. The summed E-state index contributed by atoms with van der Waals surface area (Å²) in [5, 5.41) is 13.7. The Kier molecular flexibility index (Phi) is 6.07. The fraction of sp³-hybridized carbons (Fsp3) is 0.600. The predicted molar refractivity (Wildman–Crippen MR) is 77.6 cm³/mol. The average molecular weight is 296 g/mol. The van der Waals surface area contributed by atoms with Gasteiger partial charge in [0.2, 0.25) is 5.82 Å². The Hall–Kier alpha value is -1.53. The van der Waals surface area contributed by atoms with Gasteiger partial charge in [-0.2, -0.15) is 4.39 Å². The van der Waals surface area contributed by atoms with E-state index in [9.17, 15) is 14.5 Å². The Bertz CT molecular complexity index is 476. The van der Waals surface area contributed by atoms with Crippen molar-refractivity contribution in [2.75, 3.05) is 13.2 Å². The van der Waals surface area contributed by atoms with Crippen molar-refractivity contribution in [3.8, 4) is 0 Å². The zero-order valence-corrected chi connectivity index (χ0v) is 12.0. The summed E-state index contributed by atoms with van der Waals surface area (Å²) in [6.07, 6.45) is 6.37. The highest BCUT2D eigenvalue weighted by Gasteiger charge is 2.17. The van der Waals surface area contributed by atoms with Crippen LogP contribution in [0.5, 0.6) is 0 Å². The van der Waals surface area contributed by atoms with E-state index in [2.05, 4.69) is 5.32 Å². The largest absolute Gasteiger partial charge is 0.377 e. The van der Waals surface area contributed by atoms with Crippen LogP contribution in [0, 0.1) is 15.9 Å². The minimum atomic E-state index is -0.761. The molecule has 0 aromatic heterocycles. The molecule has 0 radical (unpaired) electrons. The molecule has 0 saturated heterocycles. The van der Waals surface area contributed by atoms with Gasteiger partial charge < -0.3 is 10.1 Å². The summed E-state index contributed by atoms with van der Waals surface area (Å²) in [4.78, 5) is 9.95. The summed E-state index contributed by atoms with van der Waals surface area (Å²) in [5.41, 5.74) is -0.172. The van der Waals surface area contributed by atoms with Crippen LogP contribution in [0.2, 0.25) is 0 Å². The first-order valence-corrected chi connectivity index (χ1v) is 7.42. The van der Waals surface area contributed by atoms with Crippen LogP contribution in [-0.2, 0) is 11.3 Å². The average Bonchev–Trinajstić information content (AvgIpc) is 2.49. The Morgan fingerprint density at radius 1 is 1.33 bits per heavy atom. The van der Waals surface area contributed by atoms with Crippen molar-refractivity contribution in [2.24, 2.45) is 0 Å². The van der Waals surface area contributed by atoms with Crippen LogP contribution in [0.4, 0.5) is 10.1 Å². The molecule has 1 N–H and O–H groups in total. The van der Waals surface area contributed by atoms with Crippen molar-refractivity contribution in [3.63, 3.8) is 0 Å². The van der Waals surface area contributed by atoms with Gasteiger partial charge >= 0.3 is 5.69 Å². The molecule has 1 aromatic rings. The molecule has 1 saturated carbocycles. The van der Waals surface area contributed by atoms with E-state index in [0.717, 1.165) is 12.8 Å². The van der Waals surface area contributed by atoms with Crippen molar-refractivity contribution in [3.05, 3.63) is 39.7 Å². The second-order valence-corrected chi connectivity index (χ2v) is 5.31. The Morgan fingerprint density at radius 2 is 2.10 bits per heavy atom. The topological polar surface area (TPSA) is 64.4 Å². The van der Waals surface area contributed by atoms with Gasteiger partial charge in [-0.15, -0.1) is 0 Å². The quantitative estimate of drug-likeness (QED) is 0.477. The molecule has 0 bridgehead atoms. The number of nitro groups is 1. The van der Waals surface area contributed by atoms with E-state index in [1.54, 1.807) is 6.07 Å². The molecule has 0 aliphatic heterocycles. The van der Waals surface area contributed by atoms with Gasteiger partial charge in [0.25, 0.3) is 0 Å². The molecule has 1 aliphatic carbocycles. The number of hydrogen-bond acceptors (Lipinski definition) is 4. The van der Waals surface area contributed by atoms with Gasteiger partial charge in [0.05, 0.1) is 17.6 Å². The predicted octanol–water partition coefficient (Wildman–Crippen LogP) is 3.17. The first kappa shape index (κ1) is 15.9. The summed E-state index contributed by atoms with van der Waals surface area (Å²) in [6, 6.07) is 4.22. The van der Waals surface area contributed by atoms with E-state index in [4.69, 9.17) is 4.74 Å². The standard InChI is InChI=1S/C15H21FN2O3/c16-15-12(5-4-8-14(15)18(19)20)11-17-9-10-21-13-6-2-1-3-7-13/h4-5,8,13,17H,1-3,6-7,9-11H2. The molecule has 0 atom stereocenters. The van der Waals surface area contributed by atoms with E-state index >= 15 is 0 Å². The zero-order chi connectivity index (χ0) is 15.1. The normalized spacial score (nSPS) is 16.0. The fourth-order valence-electron chi connectivity index (χ4n) is 2.60. The monoisotopic (exact) mass is 296 g/mol. The number of nitro benzene ring substituents is 1. The first-order chi connectivity index (χ1) is 10.2. The number of rotatable bonds is 7. The third-order valence-corrected chi connectivity index (χ3v) is 3.76. The molecule has 0 amide bonds. The minimum Gasteiger partial charge on any atom is -0.377 e. The van der Waals surface area contributed by atoms with Gasteiger partial charge in [-0.05, 0) is 12.8 Å². The van der Waals surface area contributed by atoms with Gasteiger partial charge in [-0.3, -0.25) is 10.1 Å². The highest BCUT2D eigenvalue weighted by Crippen LogP contribution is 2.21. The summed E-state index contributed by atoms with van der Waals surface area (Å²) in [6.45, 7) is 1.46. The molecule has 5 nitrogen and oxygen atoms in total. The fourth-order valence-corrected chi connectivity index (χ4v) is 2.60. The van der Waals surface area contributed by atoms with Crippen molar-refractivity contribution >= 4 is 5.69 Å². The lowest BCUT2D eigenvalue weighted by molar-refractivity contribution is -0.387. The third-order valence-electron chi connectivity index (χ3n) is 3.76. The molecule has 116 valence electrons. The zero-order valence-electron chi connectivity index (χ0n) is 12.0. The minimum absolute atomic E-state index is 0.265. The van der Waals surface area contributed by atoms with E-state index in [-0.39, 0.29) is 6.54 Å². The molecular weight excluding hydrogens is 275 g/mol. The summed E-state index contributed by atoms with van der Waals surface area (Å²) in [7, 11) is 0. The van der Waals surface area contributed by atoms with Crippen LogP contribution in [0.1, 0.15) is 37.7 Å². The Balaban J connectivity index is 1.71.